The molecule has 326 valence electrons. The molecule has 4 aromatic rings. The van der Waals surface area contributed by atoms with E-state index in [9.17, 15) is 24.0 Å². The van der Waals surface area contributed by atoms with E-state index in [0.29, 0.717) is 88.0 Å². The van der Waals surface area contributed by atoms with E-state index in [1.165, 1.54) is 0 Å². The van der Waals surface area contributed by atoms with Crippen molar-refractivity contribution in [3.8, 4) is 0 Å². The van der Waals surface area contributed by atoms with Crippen LogP contribution in [0.25, 0.3) is 5.65 Å². The Balaban J connectivity index is 0.668. The Hall–Kier alpha value is -6.18. The van der Waals surface area contributed by atoms with Crippen molar-refractivity contribution in [1.29, 1.82) is 0 Å². The number of hydrogen-bond acceptors (Lipinski definition) is 13. The molecule has 19 heteroatoms. The number of fused-ring (bicyclic) bond motifs is 2. The summed E-state index contributed by atoms with van der Waals surface area (Å²) in [5.74, 6) is 0.0417. The lowest BCUT2D eigenvalue weighted by molar-refractivity contribution is -0.137. The first kappa shape index (κ1) is 41.2. The van der Waals surface area contributed by atoms with Crippen LogP contribution < -0.4 is 25.8 Å². The van der Waals surface area contributed by atoms with Crippen LogP contribution in [0.4, 0.5) is 27.7 Å². The maximum absolute atomic E-state index is 13.1. The maximum atomic E-state index is 13.1. The Morgan fingerprint density at radius 2 is 1.74 bits per heavy atom. The number of aryl methyl sites for hydroxylation is 1. The third-order valence-corrected chi connectivity index (χ3v) is 12.4. The van der Waals surface area contributed by atoms with Gasteiger partial charge in [0.1, 0.15) is 18.0 Å². The van der Waals surface area contributed by atoms with Gasteiger partial charge in [0.2, 0.25) is 17.7 Å². The number of carbonyl (C=O) groups is 5. The number of pyridine rings is 1. The Kier molecular flexibility index (Phi) is 12.0. The normalized spacial score (nSPS) is 20.8. The molecule has 1 aromatic carbocycles. The average Bonchev–Trinajstić information content (AvgIpc) is 4.05. The van der Waals surface area contributed by atoms with Gasteiger partial charge in [-0.3, -0.25) is 29.4 Å². The molecular formula is C43H52N12O7. The number of nitrogens with zero attached hydrogens (tertiary/aromatic N) is 9. The lowest BCUT2D eigenvalue weighted by Crippen LogP contribution is -2.52. The minimum atomic E-state index is -0.621. The number of benzene rings is 1. The average molecular weight is 849 g/mol. The highest BCUT2D eigenvalue weighted by molar-refractivity contribution is 6.05. The molecule has 6 amide bonds. The van der Waals surface area contributed by atoms with Crippen molar-refractivity contribution in [1.82, 2.24) is 39.6 Å². The number of anilines is 4. The second-order valence-corrected chi connectivity index (χ2v) is 16.4. The lowest BCUT2D eigenvalue weighted by atomic mass is 10.0. The topological polar surface area (TPSA) is 199 Å². The fourth-order valence-electron chi connectivity index (χ4n) is 9.11. The molecule has 4 fully saturated rings. The van der Waals surface area contributed by atoms with Crippen LogP contribution in [0.1, 0.15) is 65.4 Å². The zero-order valence-corrected chi connectivity index (χ0v) is 34.9. The van der Waals surface area contributed by atoms with Crippen molar-refractivity contribution in [3.63, 3.8) is 0 Å². The highest BCUT2D eigenvalue weighted by Crippen LogP contribution is 2.34. The van der Waals surface area contributed by atoms with E-state index in [-0.39, 0.29) is 30.2 Å². The first-order chi connectivity index (χ1) is 30.2. The number of amides is 6. The van der Waals surface area contributed by atoms with Gasteiger partial charge in [-0.15, -0.1) is 0 Å². The molecule has 2 atom stereocenters. The molecule has 3 N–H and O–H groups in total. The molecule has 5 aliphatic heterocycles. The van der Waals surface area contributed by atoms with Crippen LogP contribution in [0.3, 0.4) is 0 Å². The Morgan fingerprint density at radius 3 is 2.52 bits per heavy atom. The first-order valence-electron chi connectivity index (χ1n) is 21.5. The summed E-state index contributed by atoms with van der Waals surface area (Å²) in [6.45, 7) is 10.6. The van der Waals surface area contributed by atoms with E-state index < -0.39 is 18.0 Å². The number of urea groups is 1. The van der Waals surface area contributed by atoms with Crippen molar-refractivity contribution in [3.05, 3.63) is 71.3 Å². The molecule has 0 saturated carbocycles. The lowest BCUT2D eigenvalue weighted by Gasteiger charge is -2.36. The minimum absolute atomic E-state index is 0.0781. The molecule has 0 aliphatic carbocycles. The molecule has 19 nitrogen and oxygen atoms in total. The van der Waals surface area contributed by atoms with Gasteiger partial charge >= 0.3 is 6.03 Å². The number of nitrogens with one attached hydrogen (secondary N) is 3. The van der Waals surface area contributed by atoms with Crippen molar-refractivity contribution >= 4 is 58.2 Å². The predicted molar refractivity (Wildman–Crippen MR) is 228 cm³/mol. The van der Waals surface area contributed by atoms with Gasteiger partial charge in [0.05, 0.1) is 55.3 Å². The summed E-state index contributed by atoms with van der Waals surface area (Å²) >= 11 is 0. The number of hydrogen-bond donors (Lipinski definition) is 3. The van der Waals surface area contributed by atoms with Crippen molar-refractivity contribution in [2.24, 2.45) is 0 Å². The number of piperazine rings is 2. The van der Waals surface area contributed by atoms with E-state index in [2.05, 4.69) is 51.8 Å². The largest absolute Gasteiger partial charge is 0.380 e. The van der Waals surface area contributed by atoms with E-state index >= 15 is 0 Å². The van der Waals surface area contributed by atoms with Gasteiger partial charge < -0.3 is 39.7 Å². The summed E-state index contributed by atoms with van der Waals surface area (Å²) in [6.07, 6.45) is 7.46. The molecule has 0 spiro atoms. The zero-order chi connectivity index (χ0) is 42.7. The quantitative estimate of drug-likeness (QED) is 0.139. The Morgan fingerprint density at radius 1 is 0.919 bits per heavy atom. The molecule has 3 aromatic heterocycles. The number of ether oxygens (including phenoxy) is 2. The summed E-state index contributed by atoms with van der Waals surface area (Å²) in [7, 11) is 0. The number of piperidine rings is 1. The first-order valence-corrected chi connectivity index (χ1v) is 21.5. The van der Waals surface area contributed by atoms with Gasteiger partial charge in [-0.1, -0.05) is 0 Å². The second kappa shape index (κ2) is 18.0. The minimum Gasteiger partial charge on any atom is -0.380 e. The maximum Gasteiger partial charge on any atom is 0.323 e. The Labute approximate surface area is 358 Å². The monoisotopic (exact) mass is 848 g/mol. The second-order valence-electron chi connectivity index (χ2n) is 16.4. The van der Waals surface area contributed by atoms with Gasteiger partial charge in [0.25, 0.3) is 5.91 Å². The van der Waals surface area contributed by atoms with Crippen molar-refractivity contribution in [2.75, 3.05) is 99.2 Å². The fourth-order valence-corrected chi connectivity index (χ4v) is 9.11. The van der Waals surface area contributed by atoms with E-state index in [4.69, 9.17) is 9.47 Å². The molecule has 2 unspecified atom stereocenters. The van der Waals surface area contributed by atoms with Gasteiger partial charge in [-0.2, -0.15) is 5.10 Å². The van der Waals surface area contributed by atoms with Gasteiger partial charge in [-0.05, 0) is 61.6 Å². The molecular weight excluding hydrogens is 797 g/mol. The number of carbonyl (C=O) groups excluding carboxylic acids is 5. The predicted octanol–water partition coefficient (Wildman–Crippen LogP) is 2.57. The zero-order valence-electron chi connectivity index (χ0n) is 34.9. The highest BCUT2D eigenvalue weighted by Gasteiger charge is 2.39. The van der Waals surface area contributed by atoms with E-state index in [1.54, 1.807) is 28.0 Å². The van der Waals surface area contributed by atoms with Crippen LogP contribution in [-0.4, -0.2) is 149 Å². The van der Waals surface area contributed by atoms with Gasteiger partial charge in [0.15, 0.2) is 5.65 Å². The molecule has 62 heavy (non-hydrogen) atoms. The summed E-state index contributed by atoms with van der Waals surface area (Å²) in [4.78, 5) is 82.7. The van der Waals surface area contributed by atoms with Gasteiger partial charge in [-0.25, -0.2) is 19.3 Å². The molecule has 8 heterocycles. The van der Waals surface area contributed by atoms with E-state index in [1.807, 2.05) is 36.1 Å². The molecule has 9 rings (SSSR count). The van der Waals surface area contributed by atoms with Crippen LogP contribution in [0.5, 0.6) is 0 Å². The number of aromatic nitrogens is 4. The third kappa shape index (κ3) is 8.77. The van der Waals surface area contributed by atoms with Crippen LogP contribution in [0.15, 0.2) is 48.9 Å². The van der Waals surface area contributed by atoms with Crippen LogP contribution >= 0.6 is 0 Å². The Bertz CT molecular complexity index is 2350. The summed E-state index contributed by atoms with van der Waals surface area (Å²) < 4.78 is 13.5. The van der Waals surface area contributed by atoms with Crippen LogP contribution in [0, 0.1) is 6.92 Å². The summed E-state index contributed by atoms with van der Waals surface area (Å²) in [6, 6.07) is 8.55. The van der Waals surface area contributed by atoms with Gasteiger partial charge in [0, 0.05) is 95.8 Å². The number of rotatable bonds is 12. The molecule has 0 radical (unpaired) electrons. The number of imide groups is 1. The standard InChI is InChI=1S/C43H52N12O7/c1-28-23-30(47-43(60)48-33-26-44-36-8-10-46-55(36)39(33)35-3-2-20-62-35)25-45-40(28)53-17-15-52(16-18-53)38(57)9-21-61-22-19-50-11-13-51(14-12-50)31-4-5-32-29(24-31)27-54(42(32)59)34-6-7-37(56)49-41(34)58/h4-5,8,10,23-26,34-35H,2-3,6-7,9,11-22,27H2,1H3,(H2,47,48,60)(H,49,56,58). The summed E-state index contributed by atoms with van der Waals surface area (Å²) in [5.41, 5.74) is 6.04. The van der Waals surface area contributed by atoms with Crippen LogP contribution in [0.2, 0.25) is 0 Å². The van der Waals surface area contributed by atoms with Crippen molar-refractivity contribution < 1.29 is 33.4 Å². The third-order valence-electron chi connectivity index (χ3n) is 12.4. The van der Waals surface area contributed by atoms with Crippen molar-refractivity contribution in [2.45, 2.75) is 57.7 Å². The molecule has 0 bridgehead atoms. The van der Waals surface area contributed by atoms with E-state index in [0.717, 1.165) is 73.9 Å². The fraction of sp³-hybridized carbons (Fsp3) is 0.488. The molecule has 4 saturated heterocycles. The smallest absolute Gasteiger partial charge is 0.323 e. The SMILES string of the molecule is Cc1cc(NC(=O)Nc2cnc3ccnn3c2C2CCCO2)cnc1N1CCN(C(=O)CCOCCN2CCN(c3ccc4c(c3)CN(C3CCC(=O)NC3=O)C4=O)CC2)CC1. The molecule has 5 aliphatic rings. The summed E-state index contributed by atoms with van der Waals surface area (Å²) in [5, 5.41) is 12.6. The highest BCUT2D eigenvalue weighted by atomic mass is 16.5. The van der Waals surface area contributed by atoms with Crippen LogP contribution in [-0.2, 0) is 30.4 Å².